The molecule has 2 aromatic heterocycles. The van der Waals surface area contributed by atoms with Crippen LogP contribution in [-0.2, 0) is 23.8 Å². The normalized spacial score (nSPS) is 17.9. The monoisotopic (exact) mass is 762 g/mol. The van der Waals surface area contributed by atoms with Gasteiger partial charge in [0.15, 0.2) is 0 Å². The van der Waals surface area contributed by atoms with Crippen molar-refractivity contribution in [1.82, 2.24) is 40.4 Å². The number of carbonyl (C=O) groups is 4. The van der Waals surface area contributed by atoms with Gasteiger partial charge in [0.2, 0.25) is 11.8 Å². The molecular weight excluding hydrogens is 716 g/mol. The lowest BCUT2D eigenvalue weighted by atomic mass is 10.0. The van der Waals surface area contributed by atoms with Crippen LogP contribution >= 0.6 is 0 Å². The second-order valence-corrected chi connectivity index (χ2v) is 14.5. The predicted molar refractivity (Wildman–Crippen MR) is 208 cm³/mol. The smallest absolute Gasteiger partial charge is 0.407 e. The summed E-state index contributed by atoms with van der Waals surface area (Å²) < 4.78 is 14.7. The maximum atomic E-state index is 13.6. The van der Waals surface area contributed by atoms with Gasteiger partial charge in [-0.05, 0) is 73.4 Å². The molecule has 4 atom stereocenters. The first-order valence-corrected chi connectivity index (χ1v) is 18.8. The van der Waals surface area contributed by atoms with Crippen molar-refractivity contribution in [3.8, 4) is 11.8 Å². The molecule has 0 spiro atoms. The summed E-state index contributed by atoms with van der Waals surface area (Å²) in [6.45, 7) is 4.93. The molecule has 0 saturated carbocycles. The van der Waals surface area contributed by atoms with Gasteiger partial charge in [-0.1, -0.05) is 37.8 Å². The van der Waals surface area contributed by atoms with E-state index in [0.717, 1.165) is 69.6 Å². The first kappa shape index (κ1) is 38.1. The van der Waals surface area contributed by atoms with Crippen LogP contribution in [0, 0.1) is 17.8 Å². The summed E-state index contributed by atoms with van der Waals surface area (Å²) in [6, 6.07) is 13.8. The van der Waals surface area contributed by atoms with Gasteiger partial charge in [-0.2, -0.15) is 0 Å². The van der Waals surface area contributed by atoms with E-state index >= 15 is 0 Å². The van der Waals surface area contributed by atoms with E-state index in [-0.39, 0.29) is 36.4 Å². The fraction of sp³-hybridized carbons (Fsp3) is 0.415. The average Bonchev–Trinajstić information content (AvgIpc) is 4.03. The van der Waals surface area contributed by atoms with Crippen LogP contribution in [0.15, 0.2) is 48.5 Å². The molecule has 15 heteroatoms. The summed E-state index contributed by atoms with van der Waals surface area (Å²) >= 11 is 0. The lowest BCUT2D eigenvalue weighted by Crippen LogP contribution is -2.51. The van der Waals surface area contributed by atoms with Crippen LogP contribution in [0.25, 0.3) is 32.8 Å². The van der Waals surface area contributed by atoms with Crippen LogP contribution in [0.5, 0.6) is 0 Å². The summed E-state index contributed by atoms with van der Waals surface area (Å²) in [7, 11) is 4.02. The van der Waals surface area contributed by atoms with E-state index < -0.39 is 24.3 Å². The Morgan fingerprint density at radius 1 is 0.786 bits per heavy atom. The van der Waals surface area contributed by atoms with Crippen molar-refractivity contribution in [2.24, 2.45) is 5.92 Å². The summed E-state index contributed by atoms with van der Waals surface area (Å²) in [6.07, 6.45) is 1.81. The number of fused-ring (bicyclic) bond motifs is 4. The Morgan fingerprint density at radius 2 is 1.41 bits per heavy atom. The SMILES string of the molecule is COCC(NC(=O)OC)C(=O)N1CCCC1c1nc2c(ccc3cc(C#Cc4ccc5nc(C6CCCN6C(=O)C(NC(=O)OC)C(C)C)[nH]c5c4)ccc32)[nH]1. The number of rotatable bonds is 9. The van der Waals surface area contributed by atoms with E-state index in [9.17, 15) is 19.2 Å². The molecule has 4 unspecified atom stereocenters. The largest absolute Gasteiger partial charge is 0.453 e. The highest BCUT2D eigenvalue weighted by Gasteiger charge is 2.38. The highest BCUT2D eigenvalue weighted by Crippen LogP contribution is 2.35. The zero-order valence-corrected chi connectivity index (χ0v) is 32.1. The van der Waals surface area contributed by atoms with E-state index in [4.69, 9.17) is 24.2 Å². The van der Waals surface area contributed by atoms with Gasteiger partial charge < -0.3 is 44.6 Å². The highest BCUT2D eigenvalue weighted by atomic mass is 16.5. The predicted octanol–water partition coefficient (Wildman–Crippen LogP) is 5.07. The number of aromatic nitrogens is 4. The van der Waals surface area contributed by atoms with Gasteiger partial charge in [-0.25, -0.2) is 19.6 Å². The minimum atomic E-state index is -0.876. The third kappa shape index (κ3) is 7.70. The van der Waals surface area contributed by atoms with Crippen LogP contribution in [0.2, 0.25) is 0 Å². The number of benzene rings is 3. The second kappa shape index (κ2) is 16.3. The first-order valence-electron chi connectivity index (χ1n) is 18.8. The Balaban J connectivity index is 1.08. The molecule has 0 radical (unpaired) electrons. The highest BCUT2D eigenvalue weighted by molar-refractivity contribution is 6.04. The van der Waals surface area contributed by atoms with Crippen LogP contribution in [0.1, 0.15) is 74.4 Å². The topological polar surface area (TPSA) is 184 Å². The van der Waals surface area contributed by atoms with Gasteiger partial charge in [-0.15, -0.1) is 0 Å². The Kier molecular flexibility index (Phi) is 11.1. The fourth-order valence-electron chi connectivity index (χ4n) is 7.72. The molecule has 0 aliphatic carbocycles. The van der Waals surface area contributed by atoms with Crippen molar-refractivity contribution in [3.63, 3.8) is 0 Å². The van der Waals surface area contributed by atoms with Gasteiger partial charge in [-0.3, -0.25) is 9.59 Å². The number of carbonyl (C=O) groups excluding carboxylic acids is 4. The minimum Gasteiger partial charge on any atom is -0.453 e. The summed E-state index contributed by atoms with van der Waals surface area (Å²) in [5, 5.41) is 7.21. The van der Waals surface area contributed by atoms with Crippen molar-refractivity contribution in [2.45, 2.75) is 63.7 Å². The van der Waals surface area contributed by atoms with Crippen molar-refractivity contribution >= 4 is 56.8 Å². The Morgan fingerprint density at radius 3 is 2.09 bits per heavy atom. The lowest BCUT2D eigenvalue weighted by molar-refractivity contribution is -0.136. The Labute approximate surface area is 323 Å². The number of amides is 4. The molecule has 56 heavy (non-hydrogen) atoms. The number of aromatic amines is 2. The van der Waals surface area contributed by atoms with E-state index in [2.05, 4.69) is 32.4 Å². The molecule has 5 aromatic rings. The van der Waals surface area contributed by atoms with Gasteiger partial charge in [0.1, 0.15) is 23.7 Å². The maximum Gasteiger partial charge on any atom is 0.407 e. The molecule has 4 heterocycles. The molecule has 7 rings (SSSR count). The molecule has 2 aliphatic rings. The molecule has 15 nitrogen and oxygen atoms in total. The minimum absolute atomic E-state index is 0.0212. The number of ether oxygens (including phenoxy) is 3. The zero-order valence-electron chi connectivity index (χ0n) is 32.1. The molecule has 2 aliphatic heterocycles. The number of alkyl carbamates (subject to hydrolysis) is 2. The van der Waals surface area contributed by atoms with Crippen LogP contribution in [0.4, 0.5) is 9.59 Å². The number of hydrogen-bond acceptors (Lipinski definition) is 9. The number of hydrogen-bond donors (Lipinski definition) is 4. The molecule has 4 N–H and O–H groups in total. The third-order valence-corrected chi connectivity index (χ3v) is 10.5. The number of nitrogens with one attached hydrogen (secondary N) is 4. The van der Waals surface area contributed by atoms with E-state index in [1.54, 1.807) is 9.80 Å². The van der Waals surface area contributed by atoms with Crippen LogP contribution in [0.3, 0.4) is 0 Å². The van der Waals surface area contributed by atoms with E-state index in [0.29, 0.717) is 24.7 Å². The molecule has 2 fully saturated rings. The van der Waals surface area contributed by atoms with Crippen molar-refractivity contribution in [1.29, 1.82) is 0 Å². The lowest BCUT2D eigenvalue weighted by Gasteiger charge is -2.29. The standard InChI is InChI=1S/C41H46N8O7/c1-23(2)34(47-41(53)56-5)39(51)49-19-7-8-32(49)36-42-28-16-13-25(21-30(28)44-36)11-10-24-12-15-27-26(20-24)14-17-29-35(27)46-37(43-29)33-9-6-18-48(33)38(50)31(22-54-3)45-40(52)55-4/h12-17,20-21,23,31-34H,6-9,18-19,22H2,1-5H3,(H,42,44)(H,43,46)(H,45,52)(H,47,53). The summed E-state index contributed by atoms with van der Waals surface area (Å²) in [4.78, 5) is 71.2. The van der Waals surface area contributed by atoms with Gasteiger partial charge in [0.25, 0.3) is 0 Å². The third-order valence-electron chi connectivity index (χ3n) is 10.5. The molecule has 3 aromatic carbocycles. The van der Waals surface area contributed by atoms with E-state index in [1.807, 2.05) is 62.4 Å². The molecule has 4 amide bonds. The van der Waals surface area contributed by atoms with Crippen LogP contribution < -0.4 is 10.6 Å². The number of nitrogens with zero attached hydrogens (tertiary/aromatic N) is 4. The maximum absolute atomic E-state index is 13.6. The average molecular weight is 763 g/mol. The van der Waals surface area contributed by atoms with Gasteiger partial charge >= 0.3 is 12.2 Å². The first-order chi connectivity index (χ1) is 27.1. The Hall–Kier alpha value is -6.14. The van der Waals surface area contributed by atoms with Crippen molar-refractivity contribution in [3.05, 3.63) is 71.3 Å². The van der Waals surface area contributed by atoms with Crippen molar-refractivity contribution in [2.75, 3.05) is 41.0 Å². The number of likely N-dealkylation sites (tertiary alicyclic amines) is 2. The number of H-pyrrole nitrogens is 2. The second-order valence-electron chi connectivity index (χ2n) is 14.5. The van der Waals surface area contributed by atoms with Gasteiger partial charge in [0, 0.05) is 36.7 Å². The Bertz CT molecular complexity index is 2360. The number of methoxy groups -OCH3 is 3. The summed E-state index contributed by atoms with van der Waals surface area (Å²) in [5.74, 6) is 7.46. The van der Waals surface area contributed by atoms with Crippen molar-refractivity contribution < 1.29 is 33.4 Å². The summed E-state index contributed by atoms with van der Waals surface area (Å²) in [5.41, 5.74) is 4.93. The zero-order chi connectivity index (χ0) is 39.5. The fourth-order valence-corrected chi connectivity index (χ4v) is 7.72. The molecule has 292 valence electrons. The molecular formula is C41H46N8O7. The number of imidazole rings is 2. The molecule has 2 saturated heterocycles. The molecule has 0 bridgehead atoms. The van der Waals surface area contributed by atoms with Gasteiger partial charge in [0.05, 0.1) is 55.0 Å². The van der Waals surface area contributed by atoms with Crippen LogP contribution in [-0.4, -0.2) is 107 Å². The van der Waals surface area contributed by atoms with E-state index in [1.165, 1.54) is 21.3 Å². The quantitative estimate of drug-likeness (QED) is 0.149.